The predicted molar refractivity (Wildman–Crippen MR) is 129 cm³/mol. The number of carbonyl (C=O) groups is 1. The summed E-state index contributed by atoms with van der Waals surface area (Å²) < 4.78 is 28.0. The normalized spacial score (nSPS) is 18.8. The molecule has 9 heteroatoms. The minimum absolute atomic E-state index is 0.156. The number of hydrogen-bond donors (Lipinski definition) is 2. The summed E-state index contributed by atoms with van der Waals surface area (Å²) >= 11 is 0. The maximum absolute atomic E-state index is 13.2. The molecule has 0 atom stereocenters. The third-order valence-electron chi connectivity index (χ3n) is 6.65. The minimum atomic E-state index is -3.66. The lowest BCUT2D eigenvalue weighted by atomic mass is 10.1. The van der Waals surface area contributed by atoms with E-state index in [-0.39, 0.29) is 21.9 Å². The molecule has 0 spiro atoms. The second-order valence-electron chi connectivity index (χ2n) is 9.08. The topological polar surface area (TPSA) is 103 Å². The highest BCUT2D eigenvalue weighted by atomic mass is 32.2. The second-order valence-corrected chi connectivity index (χ2v) is 11.0. The van der Waals surface area contributed by atoms with Crippen molar-refractivity contribution in [2.75, 3.05) is 39.3 Å². The monoisotopic (exact) mass is 474 g/mol. The molecule has 0 unspecified atom stereocenters. The van der Waals surface area contributed by atoms with Crippen LogP contribution in [0.1, 0.15) is 61.7 Å². The quantitative estimate of drug-likeness (QED) is 0.601. The van der Waals surface area contributed by atoms with Crippen LogP contribution in [0.25, 0.3) is 10.9 Å². The van der Waals surface area contributed by atoms with Crippen LogP contribution in [-0.2, 0) is 10.0 Å². The van der Waals surface area contributed by atoms with Crippen LogP contribution in [0.15, 0.2) is 34.0 Å². The number of carbonyl (C=O) groups excluding carboxylic acids is 1. The van der Waals surface area contributed by atoms with Crippen LogP contribution in [0.4, 0.5) is 0 Å². The molecule has 8 nitrogen and oxygen atoms in total. The standard InChI is InChI=1S/C24H34N4O4S/c29-23-18-21(24(30)25-11-8-14-27-12-4-3-5-13-27)20-17-19(9-10-22(20)26-23)33(31,32)28-15-6-1-2-7-16-28/h9-10,17-18H,1-8,11-16H2,(H,25,30)(H,26,29). The molecule has 4 rings (SSSR count). The first-order chi connectivity index (χ1) is 15.9. The Morgan fingerprint density at radius 1 is 0.939 bits per heavy atom. The van der Waals surface area contributed by atoms with Crippen molar-refractivity contribution >= 4 is 26.8 Å². The van der Waals surface area contributed by atoms with E-state index < -0.39 is 10.0 Å². The minimum Gasteiger partial charge on any atom is -0.352 e. The van der Waals surface area contributed by atoms with Gasteiger partial charge in [-0.25, -0.2) is 8.42 Å². The number of aromatic nitrogens is 1. The van der Waals surface area contributed by atoms with Crippen LogP contribution in [0.5, 0.6) is 0 Å². The molecule has 2 saturated heterocycles. The fourth-order valence-corrected chi connectivity index (χ4v) is 6.34. The lowest BCUT2D eigenvalue weighted by Gasteiger charge is -2.26. The second kappa shape index (κ2) is 10.8. The highest BCUT2D eigenvalue weighted by molar-refractivity contribution is 7.89. The van der Waals surface area contributed by atoms with Crippen molar-refractivity contribution in [1.29, 1.82) is 0 Å². The molecule has 2 aliphatic rings. The van der Waals surface area contributed by atoms with Crippen molar-refractivity contribution in [1.82, 2.24) is 19.5 Å². The van der Waals surface area contributed by atoms with E-state index >= 15 is 0 Å². The van der Waals surface area contributed by atoms with Gasteiger partial charge in [0.1, 0.15) is 0 Å². The van der Waals surface area contributed by atoms with E-state index in [4.69, 9.17) is 0 Å². The summed E-state index contributed by atoms with van der Waals surface area (Å²) in [6, 6.07) is 5.87. The number of sulfonamides is 1. The van der Waals surface area contributed by atoms with Crippen molar-refractivity contribution in [3.8, 4) is 0 Å². The number of H-pyrrole nitrogens is 1. The molecule has 2 N–H and O–H groups in total. The summed E-state index contributed by atoms with van der Waals surface area (Å²) in [4.78, 5) is 30.4. The smallest absolute Gasteiger partial charge is 0.252 e. The van der Waals surface area contributed by atoms with Crippen molar-refractivity contribution in [2.24, 2.45) is 0 Å². The van der Waals surface area contributed by atoms with Gasteiger partial charge in [0.25, 0.3) is 5.91 Å². The van der Waals surface area contributed by atoms with Gasteiger partial charge in [-0.05, 0) is 69.9 Å². The first-order valence-corrected chi connectivity index (χ1v) is 13.6. The Labute approximate surface area is 195 Å². The number of amides is 1. The first kappa shape index (κ1) is 23.9. The third-order valence-corrected chi connectivity index (χ3v) is 8.54. The molecule has 1 amide bonds. The molecule has 1 aromatic carbocycles. The molecule has 2 aromatic rings. The van der Waals surface area contributed by atoms with E-state index in [1.54, 1.807) is 6.07 Å². The summed E-state index contributed by atoms with van der Waals surface area (Å²) in [5.74, 6) is -0.353. The Balaban J connectivity index is 1.52. The van der Waals surface area contributed by atoms with Crippen LogP contribution < -0.4 is 10.9 Å². The Morgan fingerprint density at radius 2 is 1.61 bits per heavy atom. The van der Waals surface area contributed by atoms with Gasteiger partial charge < -0.3 is 15.2 Å². The molecular formula is C24H34N4O4S. The van der Waals surface area contributed by atoms with E-state index in [0.29, 0.717) is 30.5 Å². The Hall–Kier alpha value is -2.23. The maximum Gasteiger partial charge on any atom is 0.252 e. The summed E-state index contributed by atoms with van der Waals surface area (Å²) in [6.45, 7) is 4.69. The number of likely N-dealkylation sites (tertiary alicyclic amines) is 1. The Kier molecular flexibility index (Phi) is 7.82. The van der Waals surface area contributed by atoms with Gasteiger partial charge in [-0.2, -0.15) is 4.31 Å². The number of benzene rings is 1. The SMILES string of the molecule is O=C(NCCCN1CCCCC1)c1cc(=O)[nH]c2ccc(S(=O)(=O)N3CCCCCC3)cc12. The number of rotatable bonds is 7. The molecule has 0 aliphatic carbocycles. The van der Waals surface area contributed by atoms with E-state index in [0.717, 1.165) is 51.7 Å². The number of nitrogens with zero attached hydrogens (tertiary/aromatic N) is 2. The zero-order valence-electron chi connectivity index (χ0n) is 19.1. The molecule has 3 heterocycles. The largest absolute Gasteiger partial charge is 0.352 e. The van der Waals surface area contributed by atoms with Crippen molar-refractivity contribution in [3.63, 3.8) is 0 Å². The van der Waals surface area contributed by atoms with Crippen molar-refractivity contribution in [2.45, 2.75) is 56.3 Å². The van der Waals surface area contributed by atoms with Gasteiger partial charge >= 0.3 is 0 Å². The predicted octanol–water partition coefficient (Wildman–Crippen LogP) is 2.70. The maximum atomic E-state index is 13.2. The molecular weight excluding hydrogens is 440 g/mol. The molecule has 0 saturated carbocycles. The summed E-state index contributed by atoms with van der Waals surface area (Å²) in [5, 5.41) is 3.35. The van der Waals surface area contributed by atoms with Gasteiger partial charge in [0.15, 0.2) is 0 Å². The van der Waals surface area contributed by atoms with E-state index in [9.17, 15) is 18.0 Å². The number of aromatic amines is 1. The lowest BCUT2D eigenvalue weighted by molar-refractivity contribution is 0.0952. The highest BCUT2D eigenvalue weighted by Crippen LogP contribution is 2.25. The van der Waals surface area contributed by atoms with Crippen LogP contribution >= 0.6 is 0 Å². The average molecular weight is 475 g/mol. The summed E-state index contributed by atoms with van der Waals surface area (Å²) in [5.41, 5.74) is 0.277. The number of piperidine rings is 1. The molecule has 0 radical (unpaired) electrons. The lowest BCUT2D eigenvalue weighted by Crippen LogP contribution is -2.33. The van der Waals surface area contributed by atoms with Crippen LogP contribution in [0, 0.1) is 0 Å². The fourth-order valence-electron chi connectivity index (χ4n) is 4.80. The van der Waals surface area contributed by atoms with Gasteiger partial charge in [0.05, 0.1) is 10.5 Å². The zero-order valence-corrected chi connectivity index (χ0v) is 20.0. The molecule has 0 bridgehead atoms. The number of fused-ring (bicyclic) bond motifs is 1. The Morgan fingerprint density at radius 3 is 2.33 bits per heavy atom. The average Bonchev–Trinajstić information content (AvgIpc) is 3.12. The number of pyridine rings is 1. The van der Waals surface area contributed by atoms with E-state index in [2.05, 4.69) is 15.2 Å². The van der Waals surface area contributed by atoms with Crippen molar-refractivity contribution < 1.29 is 13.2 Å². The Bertz CT molecular complexity index is 1130. The van der Waals surface area contributed by atoms with E-state index in [1.165, 1.54) is 41.8 Å². The molecule has 1 aromatic heterocycles. The highest BCUT2D eigenvalue weighted by Gasteiger charge is 2.26. The van der Waals surface area contributed by atoms with Crippen LogP contribution in [0.2, 0.25) is 0 Å². The molecule has 180 valence electrons. The van der Waals surface area contributed by atoms with Crippen molar-refractivity contribution in [3.05, 3.63) is 40.2 Å². The van der Waals surface area contributed by atoms with Gasteiger partial charge in [0.2, 0.25) is 15.6 Å². The van der Waals surface area contributed by atoms with Gasteiger partial charge in [-0.15, -0.1) is 0 Å². The van der Waals surface area contributed by atoms with Gasteiger partial charge in [0, 0.05) is 36.6 Å². The number of hydrogen-bond acceptors (Lipinski definition) is 5. The third kappa shape index (κ3) is 5.83. The van der Waals surface area contributed by atoms with Gasteiger partial charge in [-0.3, -0.25) is 9.59 Å². The molecule has 2 aliphatic heterocycles. The fraction of sp³-hybridized carbons (Fsp3) is 0.583. The number of nitrogens with one attached hydrogen (secondary N) is 2. The first-order valence-electron chi connectivity index (χ1n) is 12.1. The summed E-state index contributed by atoms with van der Waals surface area (Å²) in [6.07, 6.45) is 8.36. The van der Waals surface area contributed by atoms with Gasteiger partial charge in [-0.1, -0.05) is 19.3 Å². The van der Waals surface area contributed by atoms with Crippen LogP contribution in [0.3, 0.4) is 0 Å². The zero-order chi connectivity index (χ0) is 23.3. The van der Waals surface area contributed by atoms with Crippen LogP contribution in [-0.4, -0.2) is 67.8 Å². The molecule has 2 fully saturated rings. The molecule has 33 heavy (non-hydrogen) atoms. The summed E-state index contributed by atoms with van der Waals surface area (Å²) in [7, 11) is -3.66. The van der Waals surface area contributed by atoms with E-state index in [1.807, 2.05) is 0 Å².